The van der Waals surface area contributed by atoms with E-state index in [-0.39, 0.29) is 5.71 Å². The summed E-state index contributed by atoms with van der Waals surface area (Å²) < 4.78 is 4.54. The van der Waals surface area contributed by atoms with Crippen LogP contribution in [0.1, 0.15) is 19.5 Å². The summed E-state index contributed by atoms with van der Waals surface area (Å²) in [4.78, 5) is 31.1. The molecule has 0 spiro atoms. The van der Waals surface area contributed by atoms with Crippen LogP contribution in [0.15, 0.2) is 10.5 Å². The molecule has 0 radical (unpaired) electrons. The highest BCUT2D eigenvalue weighted by atomic mass is 32.1. The van der Waals surface area contributed by atoms with E-state index in [0.717, 1.165) is 0 Å². The number of oxime groups is 1. The summed E-state index contributed by atoms with van der Waals surface area (Å²) in [6, 6.07) is 0. The Morgan fingerprint density at radius 2 is 2.28 bits per heavy atom. The molecule has 0 fully saturated rings. The van der Waals surface area contributed by atoms with Crippen LogP contribution in [0.4, 0.5) is 5.13 Å². The molecule has 0 saturated heterocycles. The largest absolute Gasteiger partial charge is 0.466 e. The van der Waals surface area contributed by atoms with Crippen molar-refractivity contribution in [2.24, 2.45) is 5.16 Å². The fourth-order valence-electron chi connectivity index (χ4n) is 0.980. The van der Waals surface area contributed by atoms with Crippen molar-refractivity contribution >= 4 is 34.4 Å². The number of carbonyl (C=O) groups excluding carboxylic acids is 2. The highest BCUT2D eigenvalue weighted by Crippen LogP contribution is 2.14. The molecule has 0 unspecified atom stereocenters. The second-order valence-corrected chi connectivity index (χ2v) is 4.65. The van der Waals surface area contributed by atoms with Gasteiger partial charge in [-0.25, -0.2) is 9.78 Å². The van der Waals surface area contributed by atoms with Gasteiger partial charge in [0.1, 0.15) is 5.69 Å². The number of methoxy groups -OCH3 is 1. The third-order valence-electron chi connectivity index (χ3n) is 1.95. The first-order chi connectivity index (χ1) is 8.40. The van der Waals surface area contributed by atoms with E-state index < -0.39 is 11.6 Å². The van der Waals surface area contributed by atoms with Crippen LogP contribution in [0.25, 0.3) is 0 Å². The third-order valence-corrected chi connectivity index (χ3v) is 2.62. The molecule has 1 aromatic heterocycles. The molecule has 1 rings (SSSR count). The van der Waals surface area contributed by atoms with Crippen LogP contribution in [0.5, 0.6) is 0 Å². The molecule has 7 nitrogen and oxygen atoms in total. The van der Waals surface area contributed by atoms with Gasteiger partial charge in [-0.15, -0.1) is 11.3 Å². The first-order valence-corrected chi connectivity index (χ1v) is 5.80. The zero-order chi connectivity index (χ0) is 13.8. The van der Waals surface area contributed by atoms with Crippen molar-refractivity contribution in [3.05, 3.63) is 11.1 Å². The number of aromatic nitrogens is 1. The second kappa shape index (κ2) is 5.58. The topological polar surface area (TPSA) is 104 Å². The number of nitrogens with zero attached hydrogens (tertiary/aromatic N) is 2. The molecule has 0 aliphatic carbocycles. The number of aldehydes is 1. The highest BCUT2D eigenvalue weighted by molar-refractivity contribution is 7.13. The summed E-state index contributed by atoms with van der Waals surface area (Å²) in [5, 5.41) is 5.48. The van der Waals surface area contributed by atoms with Gasteiger partial charge in [0.15, 0.2) is 17.1 Å². The predicted octanol–water partition coefficient (Wildman–Crippen LogP) is 0.596. The molecule has 18 heavy (non-hydrogen) atoms. The second-order valence-electron chi connectivity index (χ2n) is 3.76. The number of nitrogen functional groups attached to an aromatic ring is 1. The average molecular weight is 271 g/mol. The van der Waals surface area contributed by atoms with Crippen LogP contribution in [0, 0.1) is 0 Å². The Labute approximate surface area is 108 Å². The van der Waals surface area contributed by atoms with Crippen molar-refractivity contribution in [3.8, 4) is 0 Å². The van der Waals surface area contributed by atoms with Crippen molar-refractivity contribution in [3.63, 3.8) is 0 Å². The Bertz CT molecular complexity index is 481. The Balaban J connectivity index is 2.87. The standard InChI is InChI=1S/C10H13N3O4S/c1-10(2,8(15)16-3)17-13-6(4-14)7-5-18-9(11)12-7/h4-5H,1-3H3,(H2,11,12)/b13-6+. The molecule has 1 aromatic rings. The Morgan fingerprint density at radius 3 is 2.72 bits per heavy atom. The molecule has 0 bridgehead atoms. The molecule has 8 heteroatoms. The molecule has 0 atom stereocenters. The zero-order valence-corrected chi connectivity index (χ0v) is 11.0. The summed E-state index contributed by atoms with van der Waals surface area (Å²) in [5.41, 5.74) is 4.41. The van der Waals surface area contributed by atoms with Crippen molar-refractivity contribution < 1.29 is 19.2 Å². The third kappa shape index (κ3) is 3.27. The maximum atomic E-state index is 11.3. The minimum absolute atomic E-state index is 0.0417. The minimum atomic E-state index is -1.29. The van der Waals surface area contributed by atoms with Gasteiger partial charge in [-0.1, -0.05) is 5.16 Å². The van der Waals surface area contributed by atoms with Crippen LogP contribution >= 0.6 is 11.3 Å². The minimum Gasteiger partial charge on any atom is -0.466 e. The van der Waals surface area contributed by atoms with Gasteiger partial charge in [-0.3, -0.25) is 4.79 Å². The van der Waals surface area contributed by atoms with E-state index in [1.807, 2.05) is 0 Å². The number of rotatable bonds is 5. The van der Waals surface area contributed by atoms with E-state index in [1.54, 1.807) is 5.38 Å². The lowest BCUT2D eigenvalue weighted by Gasteiger charge is -2.18. The molecule has 1 heterocycles. The van der Waals surface area contributed by atoms with E-state index in [0.29, 0.717) is 17.1 Å². The zero-order valence-electron chi connectivity index (χ0n) is 10.2. The smallest absolute Gasteiger partial charge is 0.352 e. The van der Waals surface area contributed by atoms with Gasteiger partial charge < -0.3 is 15.3 Å². The number of thiazole rings is 1. The molecule has 0 aliphatic heterocycles. The van der Waals surface area contributed by atoms with Crippen molar-refractivity contribution in [1.29, 1.82) is 0 Å². The van der Waals surface area contributed by atoms with Crippen LogP contribution in [0.2, 0.25) is 0 Å². The summed E-state index contributed by atoms with van der Waals surface area (Å²) in [6.45, 7) is 2.94. The maximum absolute atomic E-state index is 11.3. The molecule has 2 N–H and O–H groups in total. The van der Waals surface area contributed by atoms with Gasteiger partial charge in [0.25, 0.3) is 0 Å². The van der Waals surface area contributed by atoms with Crippen LogP contribution in [0.3, 0.4) is 0 Å². The van der Waals surface area contributed by atoms with Gasteiger partial charge in [0, 0.05) is 5.38 Å². The van der Waals surface area contributed by atoms with Crippen LogP contribution < -0.4 is 5.73 Å². The fraction of sp³-hybridized carbons (Fsp3) is 0.400. The summed E-state index contributed by atoms with van der Waals surface area (Å²) in [5.74, 6) is -0.603. The summed E-state index contributed by atoms with van der Waals surface area (Å²) >= 11 is 1.17. The van der Waals surface area contributed by atoms with Gasteiger partial charge in [-0.2, -0.15) is 0 Å². The lowest BCUT2D eigenvalue weighted by molar-refractivity contribution is -0.165. The van der Waals surface area contributed by atoms with Gasteiger partial charge in [0.05, 0.1) is 7.11 Å². The van der Waals surface area contributed by atoms with Crippen LogP contribution in [-0.4, -0.2) is 35.7 Å². The lowest BCUT2D eigenvalue weighted by Crippen LogP contribution is -2.34. The summed E-state index contributed by atoms with van der Waals surface area (Å²) in [6.07, 6.45) is 0.474. The molecule has 0 aliphatic rings. The fourth-order valence-corrected chi connectivity index (χ4v) is 1.54. The molecule has 0 aromatic carbocycles. The van der Waals surface area contributed by atoms with Crippen molar-refractivity contribution in [2.45, 2.75) is 19.4 Å². The first-order valence-electron chi connectivity index (χ1n) is 4.92. The SMILES string of the molecule is COC(=O)C(C)(C)O/N=C(\C=O)c1csc(N)n1. The molecule has 0 amide bonds. The van der Waals surface area contributed by atoms with Gasteiger partial charge in [0.2, 0.25) is 5.60 Å². The predicted molar refractivity (Wildman–Crippen MR) is 66.3 cm³/mol. The number of hydrogen-bond donors (Lipinski definition) is 1. The van der Waals surface area contributed by atoms with Crippen LogP contribution in [-0.2, 0) is 19.2 Å². The molecule has 98 valence electrons. The van der Waals surface area contributed by atoms with Gasteiger partial charge in [-0.05, 0) is 13.8 Å². The quantitative estimate of drug-likeness (QED) is 0.364. The van der Waals surface area contributed by atoms with E-state index in [9.17, 15) is 9.59 Å². The number of anilines is 1. The Kier molecular flexibility index (Phi) is 4.38. The van der Waals surface area contributed by atoms with E-state index >= 15 is 0 Å². The Hall–Kier alpha value is -1.96. The average Bonchev–Trinajstić information content (AvgIpc) is 2.75. The molecular weight excluding hydrogens is 258 g/mol. The Morgan fingerprint density at radius 1 is 1.61 bits per heavy atom. The van der Waals surface area contributed by atoms with E-state index in [2.05, 4.69) is 14.9 Å². The monoisotopic (exact) mass is 271 g/mol. The molecule has 0 saturated carbocycles. The normalized spacial score (nSPS) is 12.1. The number of esters is 1. The number of hydrogen-bond acceptors (Lipinski definition) is 8. The van der Waals surface area contributed by atoms with E-state index in [4.69, 9.17) is 10.6 Å². The maximum Gasteiger partial charge on any atom is 0.352 e. The van der Waals surface area contributed by atoms with Crippen molar-refractivity contribution in [2.75, 3.05) is 12.8 Å². The number of nitrogens with two attached hydrogens (primary N) is 1. The van der Waals surface area contributed by atoms with Gasteiger partial charge >= 0.3 is 5.97 Å². The van der Waals surface area contributed by atoms with Crippen molar-refractivity contribution in [1.82, 2.24) is 4.98 Å². The lowest BCUT2D eigenvalue weighted by atomic mass is 10.1. The molecular formula is C10H13N3O4S. The summed E-state index contributed by atoms with van der Waals surface area (Å²) in [7, 11) is 1.24. The van der Waals surface area contributed by atoms with E-state index in [1.165, 1.54) is 32.3 Å². The number of carbonyl (C=O) groups is 2. The first kappa shape index (κ1) is 14.1. The highest BCUT2D eigenvalue weighted by Gasteiger charge is 2.31. The number of ether oxygens (including phenoxy) is 1.